The summed E-state index contributed by atoms with van der Waals surface area (Å²) in [6.45, 7) is 1.23. The second-order valence-corrected chi connectivity index (χ2v) is 9.05. The van der Waals surface area contributed by atoms with Crippen molar-refractivity contribution in [1.82, 2.24) is 9.29 Å². The molecule has 1 aromatic heterocycles. The Kier molecular flexibility index (Phi) is 5.42. The molecule has 6 nitrogen and oxygen atoms in total. The van der Waals surface area contributed by atoms with Gasteiger partial charge < -0.3 is 9.64 Å². The van der Waals surface area contributed by atoms with E-state index >= 15 is 0 Å². The van der Waals surface area contributed by atoms with Crippen molar-refractivity contribution in [2.45, 2.75) is 43.5 Å². The van der Waals surface area contributed by atoms with Crippen LogP contribution in [-0.4, -0.2) is 56.7 Å². The minimum Gasteiger partial charge on any atom is -0.369 e. The maximum absolute atomic E-state index is 12.9. The molecule has 1 atom stereocenters. The third kappa shape index (κ3) is 3.73. The maximum Gasteiger partial charge on any atom is 0.217 e. The normalized spacial score (nSPS) is 24.0. The summed E-state index contributed by atoms with van der Waals surface area (Å²) < 4.78 is 33.3. The fourth-order valence-corrected chi connectivity index (χ4v) is 5.50. The molecule has 0 spiro atoms. The zero-order chi connectivity index (χ0) is 17.2. The molecule has 0 amide bonds. The standard InChI is InChI=1S/C17H27N3O3S/c1-19(2)17-10-6-9-15(18-17)16-13-20(11-12-23-16)24(21,22)14-7-4-3-5-8-14/h6,9-10,14,16H,3-5,7-8,11-13H2,1-2H3/t16-/m1/s1. The van der Waals surface area contributed by atoms with E-state index in [0.29, 0.717) is 19.7 Å². The summed E-state index contributed by atoms with van der Waals surface area (Å²) in [4.78, 5) is 6.54. The summed E-state index contributed by atoms with van der Waals surface area (Å²) >= 11 is 0. The van der Waals surface area contributed by atoms with Gasteiger partial charge in [0.15, 0.2) is 0 Å². The van der Waals surface area contributed by atoms with E-state index in [1.54, 1.807) is 4.31 Å². The van der Waals surface area contributed by atoms with Gasteiger partial charge >= 0.3 is 0 Å². The van der Waals surface area contributed by atoms with Gasteiger partial charge in [0.1, 0.15) is 11.9 Å². The van der Waals surface area contributed by atoms with E-state index in [0.717, 1.165) is 43.6 Å². The van der Waals surface area contributed by atoms with Gasteiger partial charge in [-0.05, 0) is 25.0 Å². The largest absolute Gasteiger partial charge is 0.369 e. The molecule has 134 valence electrons. The highest BCUT2D eigenvalue weighted by molar-refractivity contribution is 7.89. The highest BCUT2D eigenvalue weighted by Gasteiger charge is 2.36. The third-order valence-corrected chi connectivity index (χ3v) is 7.27. The second-order valence-electron chi connectivity index (χ2n) is 6.84. The smallest absolute Gasteiger partial charge is 0.217 e. The van der Waals surface area contributed by atoms with Crippen LogP contribution < -0.4 is 4.90 Å². The molecule has 1 saturated carbocycles. The number of hydrogen-bond donors (Lipinski definition) is 0. The number of morpholine rings is 1. The molecule has 0 radical (unpaired) electrons. The summed E-state index contributed by atoms with van der Waals surface area (Å²) in [7, 11) is 0.639. The molecule has 1 aliphatic heterocycles. The predicted octanol–water partition coefficient (Wildman–Crippen LogP) is 2.18. The monoisotopic (exact) mass is 353 g/mol. The number of rotatable bonds is 4. The molecule has 2 heterocycles. The first kappa shape index (κ1) is 17.6. The SMILES string of the molecule is CN(C)c1cccc([C@H]2CN(S(=O)(=O)C3CCCCC3)CCO2)n1. The number of aromatic nitrogens is 1. The zero-order valence-electron chi connectivity index (χ0n) is 14.5. The minimum atomic E-state index is -3.24. The van der Waals surface area contributed by atoms with Crippen molar-refractivity contribution in [3.8, 4) is 0 Å². The quantitative estimate of drug-likeness (QED) is 0.830. The number of hydrogen-bond acceptors (Lipinski definition) is 5. The molecular formula is C17H27N3O3S. The topological polar surface area (TPSA) is 62.7 Å². The van der Waals surface area contributed by atoms with E-state index in [1.165, 1.54) is 0 Å². The third-order valence-electron chi connectivity index (χ3n) is 4.91. The molecule has 2 fully saturated rings. The summed E-state index contributed by atoms with van der Waals surface area (Å²) in [5.74, 6) is 0.850. The van der Waals surface area contributed by atoms with Crippen molar-refractivity contribution in [2.24, 2.45) is 0 Å². The molecule has 1 aliphatic carbocycles. The van der Waals surface area contributed by atoms with Crippen LogP contribution in [0.1, 0.15) is 43.9 Å². The Balaban J connectivity index is 1.75. The van der Waals surface area contributed by atoms with Crippen LogP contribution in [0.2, 0.25) is 0 Å². The second kappa shape index (κ2) is 7.37. The van der Waals surface area contributed by atoms with Gasteiger partial charge in [-0.2, -0.15) is 4.31 Å². The van der Waals surface area contributed by atoms with Crippen molar-refractivity contribution in [3.63, 3.8) is 0 Å². The molecule has 0 N–H and O–H groups in total. The van der Waals surface area contributed by atoms with Gasteiger partial charge in [0.25, 0.3) is 0 Å². The molecule has 0 bridgehead atoms. The Morgan fingerprint density at radius 2 is 1.96 bits per heavy atom. The number of anilines is 1. The minimum absolute atomic E-state index is 0.217. The van der Waals surface area contributed by atoms with Gasteiger partial charge in [-0.15, -0.1) is 0 Å². The average molecular weight is 353 g/mol. The van der Waals surface area contributed by atoms with E-state index in [4.69, 9.17) is 4.74 Å². The fourth-order valence-electron chi connectivity index (χ4n) is 3.48. The summed E-state index contributed by atoms with van der Waals surface area (Å²) in [5, 5.41) is -0.217. The van der Waals surface area contributed by atoms with Gasteiger partial charge in [0, 0.05) is 27.2 Å². The van der Waals surface area contributed by atoms with Crippen molar-refractivity contribution < 1.29 is 13.2 Å². The molecule has 1 saturated heterocycles. The lowest BCUT2D eigenvalue weighted by atomic mass is 10.0. The molecule has 0 unspecified atom stereocenters. The highest BCUT2D eigenvalue weighted by Crippen LogP contribution is 2.30. The van der Waals surface area contributed by atoms with Crippen LogP contribution in [0.3, 0.4) is 0 Å². The summed E-state index contributed by atoms with van der Waals surface area (Å²) in [5.41, 5.74) is 0.796. The van der Waals surface area contributed by atoms with Gasteiger partial charge in [0.05, 0.1) is 17.6 Å². The average Bonchev–Trinajstić information content (AvgIpc) is 2.62. The number of pyridine rings is 1. The first-order valence-electron chi connectivity index (χ1n) is 8.73. The fraction of sp³-hybridized carbons (Fsp3) is 0.706. The lowest BCUT2D eigenvalue weighted by Crippen LogP contribution is -2.46. The molecule has 2 aliphatic rings. The van der Waals surface area contributed by atoms with Crippen LogP contribution in [0.5, 0.6) is 0 Å². The van der Waals surface area contributed by atoms with Crippen molar-refractivity contribution >= 4 is 15.8 Å². The Labute approximate surface area is 144 Å². The van der Waals surface area contributed by atoms with Gasteiger partial charge in [-0.25, -0.2) is 13.4 Å². The van der Waals surface area contributed by atoms with Crippen LogP contribution in [0.25, 0.3) is 0 Å². The highest BCUT2D eigenvalue weighted by atomic mass is 32.2. The van der Waals surface area contributed by atoms with Crippen LogP contribution >= 0.6 is 0 Å². The molecule has 24 heavy (non-hydrogen) atoms. The van der Waals surface area contributed by atoms with Gasteiger partial charge in [0.2, 0.25) is 10.0 Å². The van der Waals surface area contributed by atoms with Crippen molar-refractivity contribution in [2.75, 3.05) is 38.7 Å². The number of ether oxygens (including phenoxy) is 1. The van der Waals surface area contributed by atoms with E-state index < -0.39 is 10.0 Å². The molecule has 3 rings (SSSR count). The Morgan fingerprint density at radius 1 is 1.21 bits per heavy atom. The Bertz CT molecular complexity index is 657. The van der Waals surface area contributed by atoms with E-state index in [-0.39, 0.29) is 11.4 Å². The Hall–Kier alpha value is -1.18. The van der Waals surface area contributed by atoms with E-state index in [2.05, 4.69) is 4.98 Å². The lowest BCUT2D eigenvalue weighted by Gasteiger charge is -2.35. The van der Waals surface area contributed by atoms with Crippen molar-refractivity contribution in [3.05, 3.63) is 23.9 Å². The Morgan fingerprint density at radius 3 is 2.67 bits per heavy atom. The predicted molar refractivity (Wildman–Crippen MR) is 94.6 cm³/mol. The van der Waals surface area contributed by atoms with Crippen LogP contribution in [0.4, 0.5) is 5.82 Å². The molecular weight excluding hydrogens is 326 g/mol. The summed E-state index contributed by atoms with van der Waals surface area (Å²) in [6, 6.07) is 5.78. The first-order valence-corrected chi connectivity index (χ1v) is 10.2. The van der Waals surface area contributed by atoms with Gasteiger partial charge in [-0.3, -0.25) is 0 Å². The van der Waals surface area contributed by atoms with Crippen LogP contribution in [-0.2, 0) is 14.8 Å². The first-order chi connectivity index (χ1) is 11.5. The molecule has 7 heteroatoms. The van der Waals surface area contributed by atoms with Crippen LogP contribution in [0, 0.1) is 0 Å². The molecule has 1 aromatic rings. The number of sulfonamides is 1. The van der Waals surface area contributed by atoms with Crippen molar-refractivity contribution in [1.29, 1.82) is 0 Å². The van der Waals surface area contributed by atoms with E-state index in [9.17, 15) is 8.42 Å². The lowest BCUT2D eigenvalue weighted by molar-refractivity contribution is -0.00527. The zero-order valence-corrected chi connectivity index (χ0v) is 15.3. The number of nitrogens with zero attached hydrogens (tertiary/aromatic N) is 3. The molecule has 0 aromatic carbocycles. The summed E-state index contributed by atoms with van der Waals surface area (Å²) in [6.07, 6.45) is 4.47. The van der Waals surface area contributed by atoms with Gasteiger partial charge in [-0.1, -0.05) is 25.3 Å². The van der Waals surface area contributed by atoms with E-state index in [1.807, 2.05) is 37.2 Å². The maximum atomic E-state index is 12.9. The van der Waals surface area contributed by atoms with Crippen LogP contribution in [0.15, 0.2) is 18.2 Å².